The van der Waals surface area contributed by atoms with Crippen LogP contribution in [0.2, 0.25) is 0 Å². The zero-order valence-electron chi connectivity index (χ0n) is 15.3. The summed E-state index contributed by atoms with van der Waals surface area (Å²) in [6, 6.07) is 6.18. The van der Waals surface area contributed by atoms with Crippen LogP contribution in [0.4, 0.5) is 10.5 Å². The Balaban J connectivity index is 1.80. The van der Waals surface area contributed by atoms with E-state index in [2.05, 4.69) is 46.0 Å². The Labute approximate surface area is 171 Å². The minimum Gasteiger partial charge on any atom is -0.424 e. The van der Waals surface area contributed by atoms with Crippen molar-refractivity contribution in [3.8, 4) is 11.8 Å². The topological polar surface area (TPSA) is 134 Å². The van der Waals surface area contributed by atoms with Crippen LogP contribution in [0.1, 0.15) is 13.8 Å². The van der Waals surface area contributed by atoms with Crippen molar-refractivity contribution in [1.29, 1.82) is 0 Å². The third-order valence-electron chi connectivity index (χ3n) is 2.99. The molecule has 12 heteroatoms. The molecule has 1 aromatic heterocycles. The van der Waals surface area contributed by atoms with Gasteiger partial charge in [-0.3, -0.25) is 0 Å². The van der Waals surface area contributed by atoms with Gasteiger partial charge in [0, 0.05) is 43.3 Å². The molecule has 2 rings (SSSR count). The van der Waals surface area contributed by atoms with E-state index in [1.54, 1.807) is 50.5 Å². The number of hydrogen-bond acceptors (Lipinski definition) is 6. The number of nitrogens with zero attached hydrogens (tertiary/aromatic N) is 2. The maximum atomic E-state index is 11.9. The molecule has 4 N–H and O–H groups in total. The van der Waals surface area contributed by atoms with Gasteiger partial charge in [-0.15, -0.1) is 0 Å². The molecule has 0 aliphatic rings. The van der Waals surface area contributed by atoms with Gasteiger partial charge in [0.25, 0.3) is 10.2 Å². The molecule has 0 saturated carbocycles. The van der Waals surface area contributed by atoms with Crippen molar-refractivity contribution in [2.75, 3.05) is 18.4 Å². The van der Waals surface area contributed by atoms with Gasteiger partial charge in [0.05, 0.1) is 4.47 Å². The molecule has 0 spiro atoms. The monoisotopic (exact) mass is 472 g/mol. The normalized spacial score (nSPS) is 11.3. The Morgan fingerprint density at radius 3 is 2.61 bits per heavy atom. The molecule has 0 atom stereocenters. The Morgan fingerprint density at radius 1 is 1.21 bits per heavy atom. The third-order valence-corrected chi connectivity index (χ3v) is 4.77. The number of nitrogens with one attached hydrogen (secondary N) is 4. The van der Waals surface area contributed by atoms with E-state index < -0.39 is 16.2 Å². The minimum absolute atomic E-state index is 0.0551. The van der Waals surface area contributed by atoms with E-state index in [-0.39, 0.29) is 25.1 Å². The first-order chi connectivity index (χ1) is 13.2. The highest BCUT2D eigenvalue weighted by atomic mass is 79.9. The van der Waals surface area contributed by atoms with Gasteiger partial charge in [-0.25, -0.2) is 19.5 Å². The fourth-order valence-electron chi connectivity index (χ4n) is 1.98. The molecule has 0 fully saturated rings. The van der Waals surface area contributed by atoms with Gasteiger partial charge in [0.15, 0.2) is 0 Å². The van der Waals surface area contributed by atoms with Crippen LogP contribution in [-0.2, 0) is 10.2 Å². The van der Waals surface area contributed by atoms with E-state index in [1.807, 2.05) is 0 Å². The van der Waals surface area contributed by atoms with Gasteiger partial charge in [-0.1, -0.05) is 6.07 Å². The van der Waals surface area contributed by atoms with E-state index in [4.69, 9.17) is 4.74 Å². The largest absolute Gasteiger partial charge is 0.424 e. The summed E-state index contributed by atoms with van der Waals surface area (Å²) >= 11 is 3.24. The number of carbonyl (C=O) groups is 1. The molecule has 0 bridgehead atoms. The van der Waals surface area contributed by atoms with Gasteiger partial charge in [-0.05, 0) is 41.9 Å². The van der Waals surface area contributed by atoms with E-state index in [0.717, 1.165) is 4.47 Å². The highest BCUT2D eigenvalue weighted by Crippen LogP contribution is 2.22. The Kier molecular flexibility index (Phi) is 8.11. The van der Waals surface area contributed by atoms with Crippen molar-refractivity contribution in [1.82, 2.24) is 24.7 Å². The quantitative estimate of drug-likeness (QED) is 0.412. The van der Waals surface area contributed by atoms with Crippen LogP contribution in [-0.4, -0.2) is 43.5 Å². The number of ether oxygens (including phenoxy) is 1. The third kappa shape index (κ3) is 8.17. The van der Waals surface area contributed by atoms with E-state index >= 15 is 0 Å². The first kappa shape index (κ1) is 22.0. The fourth-order valence-corrected chi connectivity index (χ4v) is 3.26. The Morgan fingerprint density at radius 2 is 1.93 bits per heavy atom. The molecule has 0 radical (unpaired) electrons. The van der Waals surface area contributed by atoms with Gasteiger partial charge in [0.2, 0.25) is 0 Å². The number of anilines is 1. The summed E-state index contributed by atoms with van der Waals surface area (Å²) in [6.45, 7) is 3.60. The highest BCUT2D eigenvalue weighted by Gasteiger charge is 2.10. The van der Waals surface area contributed by atoms with Crippen LogP contribution in [0.5, 0.6) is 11.8 Å². The second-order valence-electron chi connectivity index (χ2n) is 5.86. The van der Waals surface area contributed by atoms with Crippen LogP contribution in [0.3, 0.4) is 0 Å². The first-order valence-corrected chi connectivity index (χ1v) is 10.6. The lowest BCUT2D eigenvalue weighted by Gasteiger charge is -2.12. The zero-order valence-corrected chi connectivity index (χ0v) is 17.7. The van der Waals surface area contributed by atoms with Crippen molar-refractivity contribution < 1.29 is 17.9 Å². The predicted molar refractivity (Wildman–Crippen MR) is 108 cm³/mol. The summed E-state index contributed by atoms with van der Waals surface area (Å²) in [7, 11) is -3.58. The van der Waals surface area contributed by atoms with Crippen molar-refractivity contribution in [3.63, 3.8) is 0 Å². The number of amides is 2. The predicted octanol–water partition coefficient (Wildman–Crippen LogP) is 1.99. The summed E-state index contributed by atoms with van der Waals surface area (Å²) in [5.41, 5.74) is 0.495. The molecular weight excluding hydrogens is 452 g/mol. The molecule has 28 heavy (non-hydrogen) atoms. The van der Waals surface area contributed by atoms with E-state index in [0.29, 0.717) is 11.4 Å². The second-order valence-corrected chi connectivity index (χ2v) is 8.31. The van der Waals surface area contributed by atoms with Crippen LogP contribution in [0.15, 0.2) is 41.1 Å². The number of carbonyl (C=O) groups excluding carboxylic acids is 1. The molecule has 0 saturated heterocycles. The van der Waals surface area contributed by atoms with Gasteiger partial charge in [-0.2, -0.15) is 13.1 Å². The number of rotatable bonds is 9. The molecule has 2 aromatic rings. The molecule has 152 valence electrons. The number of hydrogen-bond donors (Lipinski definition) is 4. The lowest BCUT2D eigenvalue weighted by Crippen LogP contribution is -2.43. The Bertz CT molecular complexity index is 892. The van der Waals surface area contributed by atoms with Crippen LogP contribution >= 0.6 is 15.9 Å². The van der Waals surface area contributed by atoms with E-state index in [9.17, 15) is 13.2 Å². The molecule has 1 aromatic carbocycles. The van der Waals surface area contributed by atoms with Crippen LogP contribution in [0.25, 0.3) is 0 Å². The van der Waals surface area contributed by atoms with Crippen molar-refractivity contribution in [2.24, 2.45) is 0 Å². The molecule has 0 aliphatic carbocycles. The number of urea groups is 1. The SMILES string of the molecule is CC(C)NS(=O)(=O)NCCNC(=O)Nc1cccc(Oc2ncc(Br)cn2)c1. The smallest absolute Gasteiger partial charge is 0.321 e. The minimum atomic E-state index is -3.58. The number of aromatic nitrogens is 2. The Hall–Kier alpha value is -2.28. The molecule has 10 nitrogen and oxygen atoms in total. The van der Waals surface area contributed by atoms with Crippen molar-refractivity contribution >= 4 is 37.9 Å². The molecular formula is C16H21BrN6O4S. The molecule has 1 heterocycles. The second kappa shape index (κ2) is 10.3. The number of halogens is 1. The fraction of sp³-hybridized carbons (Fsp3) is 0.312. The summed E-state index contributed by atoms with van der Waals surface area (Å²) in [5.74, 6) is 0.452. The summed E-state index contributed by atoms with van der Waals surface area (Å²) in [6.07, 6.45) is 3.12. The molecule has 0 aliphatic heterocycles. The van der Waals surface area contributed by atoms with Gasteiger partial charge in [0.1, 0.15) is 5.75 Å². The maximum absolute atomic E-state index is 11.9. The standard InChI is InChI=1S/C16H21BrN6O4S/c1-11(2)23-28(25,26)21-7-6-18-15(24)22-13-4-3-5-14(8-13)27-16-19-9-12(17)10-20-16/h3-5,8-11,21,23H,6-7H2,1-2H3,(H2,18,22,24). The molecule has 0 unspecified atom stereocenters. The molecule has 2 amide bonds. The van der Waals surface area contributed by atoms with Crippen LogP contribution in [0, 0.1) is 0 Å². The van der Waals surface area contributed by atoms with Gasteiger partial charge >= 0.3 is 12.0 Å². The summed E-state index contributed by atoms with van der Waals surface area (Å²) < 4.78 is 34.2. The first-order valence-electron chi connectivity index (χ1n) is 8.31. The number of benzene rings is 1. The van der Waals surface area contributed by atoms with E-state index in [1.165, 1.54) is 0 Å². The average Bonchev–Trinajstić information content (AvgIpc) is 2.60. The van der Waals surface area contributed by atoms with Crippen molar-refractivity contribution in [2.45, 2.75) is 19.9 Å². The zero-order chi connectivity index (χ0) is 20.6. The average molecular weight is 473 g/mol. The summed E-state index contributed by atoms with van der Waals surface area (Å²) in [5, 5.41) is 5.19. The van der Waals surface area contributed by atoms with Crippen LogP contribution < -0.4 is 24.8 Å². The lowest BCUT2D eigenvalue weighted by molar-refractivity contribution is 0.252. The lowest BCUT2D eigenvalue weighted by atomic mass is 10.3. The van der Waals surface area contributed by atoms with Gasteiger partial charge < -0.3 is 15.4 Å². The highest BCUT2D eigenvalue weighted by molar-refractivity contribution is 9.10. The summed E-state index contributed by atoms with van der Waals surface area (Å²) in [4.78, 5) is 20.0. The maximum Gasteiger partial charge on any atom is 0.321 e. The van der Waals surface area contributed by atoms with Crippen molar-refractivity contribution in [3.05, 3.63) is 41.1 Å².